The molecule has 1 aliphatic rings. The Morgan fingerprint density at radius 3 is 2.58 bits per heavy atom. The molecule has 2 amide bonds. The van der Waals surface area contributed by atoms with Gasteiger partial charge in [-0.15, -0.1) is 10.2 Å². The van der Waals surface area contributed by atoms with Crippen LogP contribution < -0.4 is 4.90 Å². The summed E-state index contributed by atoms with van der Waals surface area (Å²) in [6.07, 6.45) is 0.817. The summed E-state index contributed by atoms with van der Waals surface area (Å²) >= 11 is 6.25. The van der Waals surface area contributed by atoms with Crippen molar-refractivity contribution >= 4 is 29.2 Å². The van der Waals surface area contributed by atoms with E-state index in [1.807, 2.05) is 48.2 Å². The molecule has 0 N–H and O–H groups in total. The van der Waals surface area contributed by atoms with Gasteiger partial charge in [-0.25, -0.2) is 0 Å². The Balaban J connectivity index is 1.60. The fourth-order valence-corrected chi connectivity index (χ4v) is 3.79. The third-order valence-corrected chi connectivity index (χ3v) is 5.63. The highest BCUT2D eigenvalue weighted by Gasteiger charge is 2.23. The largest absolute Gasteiger partial charge is 0.375 e. The molecule has 2 heterocycles. The minimum Gasteiger partial charge on any atom is -0.375 e. The van der Waals surface area contributed by atoms with E-state index < -0.39 is 0 Å². The van der Waals surface area contributed by atoms with Crippen LogP contribution in [0.2, 0.25) is 5.02 Å². The number of aromatic nitrogens is 2. The Labute approximate surface area is 187 Å². The lowest BCUT2D eigenvalue weighted by Crippen LogP contribution is -2.45. The molecule has 0 bridgehead atoms. The highest BCUT2D eigenvalue weighted by molar-refractivity contribution is 6.33. The van der Waals surface area contributed by atoms with Crippen molar-refractivity contribution in [2.75, 3.05) is 57.9 Å². The van der Waals surface area contributed by atoms with E-state index in [0.717, 1.165) is 30.0 Å². The number of ether oxygens (including phenoxy) is 1. The predicted octanol–water partition coefficient (Wildman–Crippen LogP) is 2.33. The van der Waals surface area contributed by atoms with E-state index in [9.17, 15) is 9.59 Å². The maximum atomic E-state index is 12.7. The summed E-state index contributed by atoms with van der Waals surface area (Å²) in [6, 6.07) is 11.4. The molecule has 0 unspecified atom stereocenters. The standard InChI is InChI=1S/C22H28ClN5O3/c1-3-26(22(30)16-31-2)15-21(29)28-12-6-11-27(13-14-28)20-10-9-19(24-25-20)17-7-4-5-8-18(17)23/h4-5,7-10H,3,6,11-16H2,1-2H3. The van der Waals surface area contributed by atoms with Gasteiger partial charge >= 0.3 is 0 Å². The summed E-state index contributed by atoms with van der Waals surface area (Å²) in [5.74, 6) is 0.549. The van der Waals surface area contributed by atoms with Gasteiger partial charge < -0.3 is 19.4 Å². The van der Waals surface area contributed by atoms with Crippen LogP contribution in [-0.2, 0) is 14.3 Å². The minimum atomic E-state index is -0.177. The molecule has 2 aromatic rings. The van der Waals surface area contributed by atoms with Crippen LogP contribution in [0.4, 0.5) is 5.82 Å². The number of halogens is 1. The van der Waals surface area contributed by atoms with E-state index in [0.29, 0.717) is 31.2 Å². The van der Waals surface area contributed by atoms with E-state index in [1.54, 1.807) is 0 Å². The molecular weight excluding hydrogens is 418 g/mol. The number of carbonyl (C=O) groups excluding carboxylic acids is 2. The number of hydrogen-bond acceptors (Lipinski definition) is 6. The molecule has 0 saturated carbocycles. The molecular formula is C22H28ClN5O3. The molecule has 1 fully saturated rings. The lowest BCUT2D eigenvalue weighted by atomic mass is 10.1. The van der Waals surface area contributed by atoms with E-state index in [2.05, 4.69) is 15.1 Å². The summed E-state index contributed by atoms with van der Waals surface area (Å²) in [5, 5.41) is 9.37. The van der Waals surface area contributed by atoms with Gasteiger partial charge in [0.15, 0.2) is 5.82 Å². The van der Waals surface area contributed by atoms with Gasteiger partial charge in [-0.2, -0.15) is 0 Å². The lowest BCUT2D eigenvalue weighted by molar-refractivity contribution is -0.142. The molecule has 1 aliphatic heterocycles. The van der Waals surface area contributed by atoms with Gasteiger partial charge in [0.2, 0.25) is 11.8 Å². The Morgan fingerprint density at radius 2 is 1.90 bits per heavy atom. The third-order valence-electron chi connectivity index (χ3n) is 5.30. The van der Waals surface area contributed by atoms with Crippen LogP contribution in [0.15, 0.2) is 36.4 Å². The first-order chi connectivity index (χ1) is 15.0. The fraction of sp³-hybridized carbons (Fsp3) is 0.455. The van der Waals surface area contributed by atoms with E-state index in [-0.39, 0.29) is 25.0 Å². The van der Waals surface area contributed by atoms with Crippen molar-refractivity contribution in [2.45, 2.75) is 13.3 Å². The zero-order valence-electron chi connectivity index (χ0n) is 18.0. The third kappa shape index (κ3) is 5.92. The Hall–Kier alpha value is -2.71. The smallest absolute Gasteiger partial charge is 0.249 e. The predicted molar refractivity (Wildman–Crippen MR) is 120 cm³/mol. The number of likely N-dealkylation sites (N-methyl/N-ethyl adjacent to an activating group) is 1. The van der Waals surface area contributed by atoms with E-state index in [4.69, 9.17) is 16.3 Å². The van der Waals surface area contributed by atoms with Crippen LogP contribution in [0.1, 0.15) is 13.3 Å². The van der Waals surface area contributed by atoms with Crippen LogP contribution >= 0.6 is 11.6 Å². The highest BCUT2D eigenvalue weighted by Crippen LogP contribution is 2.26. The summed E-state index contributed by atoms with van der Waals surface area (Å²) in [4.78, 5) is 30.2. The molecule has 0 aliphatic carbocycles. The second-order valence-electron chi connectivity index (χ2n) is 7.32. The van der Waals surface area contributed by atoms with Crippen molar-refractivity contribution in [2.24, 2.45) is 0 Å². The number of carbonyl (C=O) groups is 2. The van der Waals surface area contributed by atoms with Gasteiger partial charge in [0.25, 0.3) is 0 Å². The second kappa shape index (κ2) is 11.1. The van der Waals surface area contributed by atoms with Gasteiger partial charge in [0, 0.05) is 45.4 Å². The summed E-state index contributed by atoms with van der Waals surface area (Å²) in [5.41, 5.74) is 1.57. The molecule has 166 valence electrons. The van der Waals surface area contributed by atoms with Crippen LogP contribution in [-0.4, -0.2) is 84.8 Å². The number of hydrogen-bond donors (Lipinski definition) is 0. The van der Waals surface area contributed by atoms with Crippen LogP contribution in [0.5, 0.6) is 0 Å². The maximum Gasteiger partial charge on any atom is 0.249 e. The average molecular weight is 446 g/mol. The Bertz CT molecular complexity index is 893. The quantitative estimate of drug-likeness (QED) is 0.650. The van der Waals surface area contributed by atoms with Crippen molar-refractivity contribution < 1.29 is 14.3 Å². The first-order valence-corrected chi connectivity index (χ1v) is 10.8. The summed E-state index contributed by atoms with van der Waals surface area (Å²) in [7, 11) is 1.47. The molecule has 1 aromatic heterocycles. The normalized spacial score (nSPS) is 14.3. The first kappa shape index (κ1) is 23.0. The number of rotatable bonds is 7. The number of nitrogens with zero attached hydrogens (tertiary/aromatic N) is 5. The molecule has 0 atom stereocenters. The molecule has 0 radical (unpaired) electrons. The number of benzene rings is 1. The van der Waals surface area contributed by atoms with Crippen molar-refractivity contribution in [3.63, 3.8) is 0 Å². The highest BCUT2D eigenvalue weighted by atomic mass is 35.5. The summed E-state index contributed by atoms with van der Waals surface area (Å²) in [6.45, 7) is 5.05. The fourth-order valence-electron chi connectivity index (χ4n) is 3.56. The molecule has 1 saturated heterocycles. The minimum absolute atomic E-state index is 0.0161. The van der Waals surface area contributed by atoms with Crippen molar-refractivity contribution in [1.29, 1.82) is 0 Å². The molecule has 8 nitrogen and oxygen atoms in total. The van der Waals surface area contributed by atoms with E-state index in [1.165, 1.54) is 12.0 Å². The maximum absolute atomic E-state index is 12.7. The van der Waals surface area contributed by atoms with Crippen LogP contribution in [0, 0.1) is 0 Å². The topological polar surface area (TPSA) is 78.9 Å². The first-order valence-electron chi connectivity index (χ1n) is 10.4. The lowest BCUT2D eigenvalue weighted by Gasteiger charge is -2.26. The Morgan fingerprint density at radius 1 is 1.10 bits per heavy atom. The monoisotopic (exact) mass is 445 g/mol. The van der Waals surface area contributed by atoms with Crippen molar-refractivity contribution in [3.8, 4) is 11.3 Å². The van der Waals surface area contributed by atoms with Gasteiger partial charge in [0.05, 0.1) is 17.3 Å². The average Bonchev–Trinajstić information content (AvgIpc) is 3.04. The van der Waals surface area contributed by atoms with Gasteiger partial charge in [-0.1, -0.05) is 29.8 Å². The zero-order valence-corrected chi connectivity index (χ0v) is 18.7. The SMILES string of the molecule is CCN(CC(=O)N1CCCN(c2ccc(-c3ccccc3Cl)nn2)CC1)C(=O)COC. The molecule has 31 heavy (non-hydrogen) atoms. The molecule has 1 aromatic carbocycles. The van der Waals surface area contributed by atoms with Gasteiger partial charge in [-0.3, -0.25) is 9.59 Å². The number of amides is 2. The van der Waals surface area contributed by atoms with Crippen LogP contribution in [0.3, 0.4) is 0 Å². The van der Waals surface area contributed by atoms with Crippen molar-refractivity contribution in [1.82, 2.24) is 20.0 Å². The van der Waals surface area contributed by atoms with Gasteiger partial charge in [0.1, 0.15) is 6.61 Å². The van der Waals surface area contributed by atoms with Crippen molar-refractivity contribution in [3.05, 3.63) is 41.4 Å². The molecule has 9 heteroatoms. The molecule has 3 rings (SSSR count). The second-order valence-corrected chi connectivity index (χ2v) is 7.73. The molecule has 0 spiro atoms. The van der Waals surface area contributed by atoms with Gasteiger partial charge in [-0.05, 0) is 31.5 Å². The number of methoxy groups -OCH3 is 1. The summed E-state index contributed by atoms with van der Waals surface area (Å²) < 4.78 is 4.90. The van der Waals surface area contributed by atoms with E-state index >= 15 is 0 Å². The zero-order chi connectivity index (χ0) is 22.2. The van der Waals surface area contributed by atoms with Crippen LogP contribution in [0.25, 0.3) is 11.3 Å². The Kier molecular flexibility index (Phi) is 8.20. The number of anilines is 1.